The zero-order valence-corrected chi connectivity index (χ0v) is 14.9. The van der Waals surface area contributed by atoms with E-state index in [2.05, 4.69) is 10.1 Å². The van der Waals surface area contributed by atoms with Crippen LogP contribution in [0.25, 0.3) is 11.4 Å². The van der Waals surface area contributed by atoms with Gasteiger partial charge in [-0.1, -0.05) is 59.2 Å². The molecule has 2 heterocycles. The second-order valence-electron chi connectivity index (χ2n) is 6.45. The number of likely N-dealkylation sites (tertiary alicyclic amines) is 1. The van der Waals surface area contributed by atoms with Crippen molar-refractivity contribution in [3.05, 3.63) is 71.1 Å². The summed E-state index contributed by atoms with van der Waals surface area (Å²) in [5.74, 6) is 1.37. The molecule has 0 radical (unpaired) electrons. The molecular formula is C20H18ClN3O2. The zero-order chi connectivity index (χ0) is 17.9. The van der Waals surface area contributed by atoms with Crippen molar-refractivity contribution in [2.75, 3.05) is 13.1 Å². The Bertz CT molecular complexity index is 904. The van der Waals surface area contributed by atoms with E-state index >= 15 is 0 Å². The molecule has 1 aliphatic heterocycles. The van der Waals surface area contributed by atoms with E-state index < -0.39 is 0 Å². The number of hydrogen-bond donors (Lipinski definition) is 0. The van der Waals surface area contributed by atoms with Gasteiger partial charge < -0.3 is 9.42 Å². The Morgan fingerprint density at radius 3 is 2.73 bits per heavy atom. The first-order valence-corrected chi connectivity index (χ1v) is 8.98. The maximum atomic E-state index is 12.3. The highest BCUT2D eigenvalue weighted by Gasteiger charge is 2.35. The van der Waals surface area contributed by atoms with Gasteiger partial charge in [-0.2, -0.15) is 4.98 Å². The van der Waals surface area contributed by atoms with Gasteiger partial charge in [0.1, 0.15) is 0 Å². The van der Waals surface area contributed by atoms with Crippen LogP contribution in [0.4, 0.5) is 0 Å². The normalized spacial score (nSPS) is 14.3. The summed E-state index contributed by atoms with van der Waals surface area (Å²) in [6.45, 7) is 1.26. The summed E-state index contributed by atoms with van der Waals surface area (Å²) in [6.07, 6.45) is 1.29. The number of rotatable bonds is 5. The molecule has 3 aromatic rings. The van der Waals surface area contributed by atoms with Crippen LogP contribution in [0.1, 0.15) is 23.8 Å². The first-order chi connectivity index (χ1) is 12.7. The standard InChI is InChI=1S/C20H18ClN3O2/c21-17-8-4-7-15(11-17)19-22-20(26-23-19)16-12-24(13-16)18(25)10-9-14-5-2-1-3-6-14/h1-8,11,16H,9-10,12-13H2. The fourth-order valence-electron chi connectivity index (χ4n) is 3.04. The van der Waals surface area contributed by atoms with Crippen molar-refractivity contribution in [1.82, 2.24) is 15.0 Å². The number of amides is 1. The van der Waals surface area contributed by atoms with Gasteiger partial charge >= 0.3 is 0 Å². The Hall–Kier alpha value is -2.66. The summed E-state index contributed by atoms with van der Waals surface area (Å²) in [5, 5.41) is 4.66. The number of benzene rings is 2. The van der Waals surface area contributed by atoms with Crippen molar-refractivity contribution < 1.29 is 9.32 Å². The molecule has 0 spiro atoms. The Morgan fingerprint density at radius 1 is 1.15 bits per heavy atom. The fourth-order valence-corrected chi connectivity index (χ4v) is 3.23. The Morgan fingerprint density at radius 2 is 1.96 bits per heavy atom. The number of aromatic nitrogens is 2. The molecule has 26 heavy (non-hydrogen) atoms. The van der Waals surface area contributed by atoms with Crippen molar-refractivity contribution in [2.24, 2.45) is 0 Å². The molecule has 0 unspecified atom stereocenters. The molecule has 1 fully saturated rings. The Balaban J connectivity index is 1.31. The van der Waals surface area contributed by atoms with E-state index in [1.165, 1.54) is 5.56 Å². The number of carbonyl (C=O) groups excluding carboxylic acids is 1. The van der Waals surface area contributed by atoms with E-state index in [0.717, 1.165) is 12.0 Å². The number of hydrogen-bond acceptors (Lipinski definition) is 4. The first-order valence-electron chi connectivity index (χ1n) is 8.60. The molecular weight excluding hydrogens is 350 g/mol. The molecule has 0 saturated carbocycles. The summed E-state index contributed by atoms with van der Waals surface area (Å²) in [6, 6.07) is 17.4. The minimum Gasteiger partial charge on any atom is -0.341 e. The fraction of sp³-hybridized carbons (Fsp3) is 0.250. The van der Waals surface area contributed by atoms with Gasteiger partial charge in [-0.25, -0.2) is 0 Å². The topological polar surface area (TPSA) is 59.2 Å². The number of aryl methyl sites for hydroxylation is 1. The van der Waals surface area contributed by atoms with Crippen molar-refractivity contribution in [2.45, 2.75) is 18.8 Å². The lowest BCUT2D eigenvalue weighted by atomic mass is 9.99. The highest BCUT2D eigenvalue weighted by atomic mass is 35.5. The van der Waals surface area contributed by atoms with Gasteiger partial charge in [0.05, 0.1) is 5.92 Å². The molecule has 0 aliphatic carbocycles. The Labute approximate surface area is 156 Å². The molecule has 0 N–H and O–H groups in total. The van der Waals surface area contributed by atoms with Crippen molar-refractivity contribution in [1.29, 1.82) is 0 Å². The molecule has 4 rings (SSSR count). The third-order valence-corrected chi connectivity index (χ3v) is 4.81. The van der Waals surface area contributed by atoms with Gasteiger partial charge in [0.25, 0.3) is 0 Å². The smallest absolute Gasteiger partial charge is 0.233 e. The van der Waals surface area contributed by atoms with Crippen molar-refractivity contribution in [3.8, 4) is 11.4 Å². The van der Waals surface area contributed by atoms with E-state index in [1.807, 2.05) is 47.4 Å². The molecule has 1 aromatic heterocycles. The van der Waals surface area contributed by atoms with E-state index in [9.17, 15) is 4.79 Å². The molecule has 0 bridgehead atoms. The van der Waals surface area contributed by atoms with Crippen LogP contribution >= 0.6 is 11.6 Å². The van der Waals surface area contributed by atoms with Crippen LogP contribution in [0.3, 0.4) is 0 Å². The molecule has 1 aliphatic rings. The summed E-state index contributed by atoms with van der Waals surface area (Å²) in [7, 11) is 0. The predicted octanol–water partition coefficient (Wildman–Crippen LogP) is 3.95. The highest BCUT2D eigenvalue weighted by molar-refractivity contribution is 6.30. The van der Waals surface area contributed by atoms with Gasteiger partial charge in [-0.15, -0.1) is 0 Å². The molecule has 132 valence electrons. The number of halogens is 1. The molecule has 1 saturated heterocycles. The van der Waals surface area contributed by atoms with E-state index in [-0.39, 0.29) is 11.8 Å². The Kier molecular flexibility index (Phi) is 4.71. The lowest BCUT2D eigenvalue weighted by Gasteiger charge is -2.37. The van der Waals surface area contributed by atoms with E-state index in [1.54, 1.807) is 12.1 Å². The van der Waals surface area contributed by atoms with Gasteiger partial charge in [0, 0.05) is 30.1 Å². The second-order valence-corrected chi connectivity index (χ2v) is 6.88. The SMILES string of the molecule is O=C(CCc1ccccc1)N1CC(c2nc(-c3cccc(Cl)c3)no2)C1. The summed E-state index contributed by atoms with van der Waals surface area (Å²) < 4.78 is 5.38. The van der Waals surface area contributed by atoms with Crippen LogP contribution in [-0.4, -0.2) is 34.0 Å². The van der Waals surface area contributed by atoms with Crippen LogP contribution in [-0.2, 0) is 11.2 Å². The first kappa shape index (κ1) is 16.8. The highest BCUT2D eigenvalue weighted by Crippen LogP contribution is 2.28. The number of nitrogens with zero attached hydrogens (tertiary/aromatic N) is 3. The monoisotopic (exact) mass is 367 g/mol. The van der Waals surface area contributed by atoms with Crippen LogP contribution in [0.5, 0.6) is 0 Å². The van der Waals surface area contributed by atoms with Crippen LogP contribution in [0.15, 0.2) is 59.1 Å². The lowest BCUT2D eigenvalue weighted by Crippen LogP contribution is -2.48. The third kappa shape index (κ3) is 3.63. The van der Waals surface area contributed by atoms with Crippen molar-refractivity contribution in [3.63, 3.8) is 0 Å². The van der Waals surface area contributed by atoms with Crippen LogP contribution in [0.2, 0.25) is 5.02 Å². The molecule has 6 heteroatoms. The quantitative estimate of drug-likeness (QED) is 0.685. The third-order valence-electron chi connectivity index (χ3n) is 4.58. The average molecular weight is 368 g/mol. The largest absolute Gasteiger partial charge is 0.341 e. The summed E-state index contributed by atoms with van der Waals surface area (Å²) in [4.78, 5) is 18.6. The van der Waals surface area contributed by atoms with Gasteiger partial charge in [-0.05, 0) is 24.1 Å². The molecule has 1 amide bonds. The second kappa shape index (κ2) is 7.30. The molecule has 5 nitrogen and oxygen atoms in total. The van der Waals surface area contributed by atoms with E-state index in [4.69, 9.17) is 16.1 Å². The van der Waals surface area contributed by atoms with Crippen molar-refractivity contribution >= 4 is 17.5 Å². The zero-order valence-electron chi connectivity index (χ0n) is 14.1. The maximum absolute atomic E-state index is 12.3. The average Bonchev–Trinajstić information content (AvgIpc) is 3.09. The minimum absolute atomic E-state index is 0.108. The lowest BCUT2D eigenvalue weighted by molar-refractivity contribution is -0.135. The van der Waals surface area contributed by atoms with Crippen LogP contribution < -0.4 is 0 Å². The maximum Gasteiger partial charge on any atom is 0.233 e. The number of carbonyl (C=O) groups is 1. The summed E-state index contributed by atoms with van der Waals surface area (Å²) >= 11 is 6.00. The minimum atomic E-state index is 0.108. The molecule has 2 aromatic carbocycles. The van der Waals surface area contributed by atoms with E-state index in [0.29, 0.717) is 36.2 Å². The molecule has 0 atom stereocenters. The van der Waals surface area contributed by atoms with Gasteiger partial charge in [0.15, 0.2) is 0 Å². The predicted molar refractivity (Wildman–Crippen MR) is 98.8 cm³/mol. The van der Waals surface area contributed by atoms with Crippen LogP contribution in [0, 0.1) is 0 Å². The van der Waals surface area contributed by atoms with Gasteiger partial charge in [-0.3, -0.25) is 4.79 Å². The van der Waals surface area contributed by atoms with Gasteiger partial charge in [0.2, 0.25) is 17.6 Å². The summed E-state index contributed by atoms with van der Waals surface area (Å²) in [5.41, 5.74) is 2.00.